The SMILES string of the molecule is Cn1cc(-c2cc(-c3ccc(N4CCN(CCS(=O)(=O)c5ccccc5)CC4)nc3)c3c(C#N)c(N)nn3c2)cn1. The fraction of sp³-hybridized carbons (Fsp3) is 0.241. The third-order valence-corrected chi connectivity index (χ3v) is 9.15. The molecular formula is C29H29N9O2S. The number of hydrogen-bond donors (Lipinski definition) is 1. The van der Waals surface area contributed by atoms with Crippen molar-refractivity contribution >= 4 is 27.0 Å². The number of sulfone groups is 1. The highest BCUT2D eigenvalue weighted by atomic mass is 32.2. The molecule has 5 heterocycles. The summed E-state index contributed by atoms with van der Waals surface area (Å²) in [5.41, 5.74) is 10.5. The Balaban J connectivity index is 1.19. The van der Waals surface area contributed by atoms with Crippen LogP contribution in [-0.4, -0.2) is 76.2 Å². The van der Waals surface area contributed by atoms with Gasteiger partial charge in [0.2, 0.25) is 0 Å². The van der Waals surface area contributed by atoms with E-state index in [0.29, 0.717) is 22.5 Å². The summed E-state index contributed by atoms with van der Waals surface area (Å²) in [6, 6.07) is 16.8. The number of rotatable bonds is 7. The zero-order valence-corrected chi connectivity index (χ0v) is 23.4. The summed E-state index contributed by atoms with van der Waals surface area (Å²) in [6.45, 7) is 3.49. The predicted molar refractivity (Wildman–Crippen MR) is 157 cm³/mol. The molecule has 2 N–H and O–H groups in total. The molecule has 0 saturated carbocycles. The fourth-order valence-electron chi connectivity index (χ4n) is 5.18. The van der Waals surface area contributed by atoms with Crippen molar-refractivity contribution in [2.24, 2.45) is 7.05 Å². The number of aromatic nitrogens is 5. The fourth-order valence-corrected chi connectivity index (χ4v) is 6.49. The van der Waals surface area contributed by atoms with Crippen molar-refractivity contribution < 1.29 is 8.42 Å². The Morgan fingerprint density at radius 3 is 2.41 bits per heavy atom. The first-order chi connectivity index (χ1) is 19.8. The monoisotopic (exact) mass is 567 g/mol. The van der Waals surface area contributed by atoms with E-state index in [-0.39, 0.29) is 11.6 Å². The van der Waals surface area contributed by atoms with Gasteiger partial charge in [-0.3, -0.25) is 9.58 Å². The van der Waals surface area contributed by atoms with Crippen molar-refractivity contribution in [1.29, 1.82) is 5.26 Å². The third kappa shape index (κ3) is 5.25. The van der Waals surface area contributed by atoms with Gasteiger partial charge in [0.15, 0.2) is 15.7 Å². The van der Waals surface area contributed by atoms with Gasteiger partial charge in [-0.1, -0.05) is 18.2 Å². The van der Waals surface area contributed by atoms with Crippen LogP contribution in [0, 0.1) is 11.3 Å². The lowest BCUT2D eigenvalue weighted by Gasteiger charge is -2.35. The molecule has 5 aromatic rings. The van der Waals surface area contributed by atoms with E-state index in [9.17, 15) is 13.7 Å². The maximum Gasteiger partial charge on any atom is 0.179 e. The maximum atomic E-state index is 12.7. The molecule has 4 aromatic heterocycles. The van der Waals surface area contributed by atoms with Gasteiger partial charge in [0.1, 0.15) is 17.5 Å². The molecule has 6 rings (SSSR count). The summed E-state index contributed by atoms with van der Waals surface area (Å²) in [6.07, 6.45) is 7.35. The number of benzene rings is 1. The molecule has 208 valence electrons. The minimum absolute atomic E-state index is 0.0976. The molecule has 1 fully saturated rings. The number of nitrogens with zero attached hydrogens (tertiary/aromatic N) is 8. The lowest BCUT2D eigenvalue weighted by atomic mass is 10.0. The molecule has 1 saturated heterocycles. The van der Waals surface area contributed by atoms with E-state index in [0.717, 1.165) is 54.3 Å². The summed E-state index contributed by atoms with van der Waals surface area (Å²) in [7, 11) is -1.44. The first-order valence-corrected chi connectivity index (χ1v) is 14.9. The van der Waals surface area contributed by atoms with E-state index in [1.165, 1.54) is 0 Å². The molecule has 1 aliphatic heterocycles. The number of nitrogens with two attached hydrogens (primary N) is 1. The highest BCUT2D eigenvalue weighted by Gasteiger charge is 2.22. The lowest BCUT2D eigenvalue weighted by Crippen LogP contribution is -2.47. The second-order valence-electron chi connectivity index (χ2n) is 10.1. The minimum atomic E-state index is -3.30. The molecule has 12 heteroatoms. The maximum absolute atomic E-state index is 12.7. The molecule has 41 heavy (non-hydrogen) atoms. The molecule has 0 bridgehead atoms. The van der Waals surface area contributed by atoms with Crippen LogP contribution in [0.3, 0.4) is 0 Å². The second-order valence-corrected chi connectivity index (χ2v) is 12.2. The molecule has 0 unspecified atom stereocenters. The van der Waals surface area contributed by atoms with E-state index in [1.807, 2.05) is 43.7 Å². The predicted octanol–water partition coefficient (Wildman–Crippen LogP) is 2.85. The summed E-state index contributed by atoms with van der Waals surface area (Å²) in [5.74, 6) is 1.12. The molecule has 0 radical (unpaired) electrons. The quantitative estimate of drug-likeness (QED) is 0.315. The smallest absolute Gasteiger partial charge is 0.179 e. The van der Waals surface area contributed by atoms with Crippen LogP contribution in [0.4, 0.5) is 11.6 Å². The van der Waals surface area contributed by atoms with Crippen molar-refractivity contribution in [3.8, 4) is 28.3 Å². The number of piperazine rings is 1. The van der Waals surface area contributed by atoms with Crippen LogP contribution < -0.4 is 10.6 Å². The molecule has 0 aliphatic carbocycles. The van der Waals surface area contributed by atoms with Gasteiger partial charge in [0, 0.05) is 80.6 Å². The Labute approximate surface area is 238 Å². The van der Waals surface area contributed by atoms with Gasteiger partial charge in [-0.15, -0.1) is 5.10 Å². The average Bonchev–Trinajstić information content (AvgIpc) is 3.58. The summed E-state index contributed by atoms with van der Waals surface area (Å²) in [5, 5.41) is 18.4. The van der Waals surface area contributed by atoms with Crippen molar-refractivity contribution in [2.45, 2.75) is 4.90 Å². The number of nitriles is 1. The molecule has 0 amide bonds. The molecule has 11 nitrogen and oxygen atoms in total. The number of pyridine rings is 2. The summed E-state index contributed by atoms with van der Waals surface area (Å²) < 4.78 is 28.7. The van der Waals surface area contributed by atoms with Crippen LogP contribution in [0.2, 0.25) is 0 Å². The molecule has 1 aliphatic rings. The number of nitrogen functional groups attached to an aromatic ring is 1. The van der Waals surface area contributed by atoms with Crippen LogP contribution in [0.5, 0.6) is 0 Å². The van der Waals surface area contributed by atoms with Gasteiger partial charge in [-0.2, -0.15) is 10.4 Å². The molecule has 1 aromatic carbocycles. The normalized spacial score (nSPS) is 14.4. The third-order valence-electron chi connectivity index (χ3n) is 7.44. The van der Waals surface area contributed by atoms with Crippen LogP contribution in [0.25, 0.3) is 27.8 Å². The zero-order valence-electron chi connectivity index (χ0n) is 22.6. The number of hydrogen-bond acceptors (Lipinski definition) is 9. The Hall–Kier alpha value is -4.73. The van der Waals surface area contributed by atoms with Crippen LogP contribution in [0.15, 0.2) is 78.2 Å². The Morgan fingerprint density at radius 1 is 0.976 bits per heavy atom. The van der Waals surface area contributed by atoms with E-state index < -0.39 is 9.84 Å². The van der Waals surface area contributed by atoms with Crippen LogP contribution in [0.1, 0.15) is 5.56 Å². The largest absolute Gasteiger partial charge is 0.381 e. The van der Waals surface area contributed by atoms with Gasteiger partial charge in [0.25, 0.3) is 0 Å². The van der Waals surface area contributed by atoms with Crippen LogP contribution >= 0.6 is 0 Å². The summed E-state index contributed by atoms with van der Waals surface area (Å²) >= 11 is 0. The van der Waals surface area contributed by atoms with E-state index in [4.69, 9.17) is 10.7 Å². The summed E-state index contributed by atoms with van der Waals surface area (Å²) in [4.78, 5) is 9.50. The number of fused-ring (bicyclic) bond motifs is 1. The number of anilines is 2. The van der Waals surface area contributed by atoms with Gasteiger partial charge in [-0.05, 0) is 30.3 Å². The Kier molecular flexibility index (Phi) is 6.90. The minimum Gasteiger partial charge on any atom is -0.381 e. The molecular weight excluding hydrogens is 538 g/mol. The number of aryl methyl sites for hydroxylation is 1. The molecule has 0 spiro atoms. The van der Waals surface area contributed by atoms with E-state index >= 15 is 0 Å². The zero-order chi connectivity index (χ0) is 28.6. The van der Waals surface area contributed by atoms with Crippen molar-refractivity contribution in [1.82, 2.24) is 29.3 Å². The van der Waals surface area contributed by atoms with E-state index in [2.05, 4.69) is 26.1 Å². The first kappa shape index (κ1) is 26.5. The lowest BCUT2D eigenvalue weighted by molar-refractivity contribution is 0.271. The highest BCUT2D eigenvalue weighted by molar-refractivity contribution is 7.91. The topological polar surface area (TPSA) is 138 Å². The van der Waals surface area contributed by atoms with Crippen molar-refractivity contribution in [3.63, 3.8) is 0 Å². The average molecular weight is 568 g/mol. The molecule has 0 atom stereocenters. The van der Waals surface area contributed by atoms with Gasteiger partial charge < -0.3 is 10.6 Å². The van der Waals surface area contributed by atoms with Gasteiger partial charge in [0.05, 0.1) is 22.4 Å². The standard InChI is InChI=1S/C29H29N9O2S/c1-35-19-23(18-33-35)22-15-25(28-26(16-30)29(31)34-38(28)20-22)21-7-8-27(32-17-21)37-11-9-36(10-12-37)13-14-41(39,40)24-5-3-2-4-6-24/h2-8,15,17-20H,9-14H2,1H3,(H2,31,34). The first-order valence-electron chi connectivity index (χ1n) is 13.2. The van der Waals surface area contributed by atoms with E-state index in [1.54, 1.807) is 45.9 Å². The van der Waals surface area contributed by atoms with Crippen molar-refractivity contribution in [3.05, 3.63) is 78.9 Å². The van der Waals surface area contributed by atoms with Gasteiger partial charge in [-0.25, -0.2) is 17.9 Å². The van der Waals surface area contributed by atoms with Crippen LogP contribution in [-0.2, 0) is 16.9 Å². The highest BCUT2D eigenvalue weighted by Crippen LogP contribution is 2.34. The Bertz CT molecular complexity index is 1850. The van der Waals surface area contributed by atoms with Gasteiger partial charge >= 0.3 is 0 Å². The Morgan fingerprint density at radius 2 is 1.76 bits per heavy atom. The van der Waals surface area contributed by atoms with Crippen molar-refractivity contribution in [2.75, 3.05) is 49.1 Å². The second kappa shape index (κ2) is 10.7.